The molecule has 1 rings (SSSR count). The second-order valence-corrected chi connectivity index (χ2v) is 17.5. The van der Waals surface area contributed by atoms with Gasteiger partial charge in [-0.3, -0.25) is 4.79 Å². The predicted molar refractivity (Wildman–Crippen MR) is 233 cm³/mol. The van der Waals surface area contributed by atoms with Gasteiger partial charge in [-0.05, 0) is 12.8 Å². The van der Waals surface area contributed by atoms with Gasteiger partial charge in [0.2, 0.25) is 5.91 Å². The first-order valence-electron chi connectivity index (χ1n) is 24.4. The maximum atomic E-state index is 13.1. The monoisotopic (exact) mass is 832 g/mol. The second-order valence-electron chi connectivity index (χ2n) is 17.5. The molecule has 0 aromatic heterocycles. The molecule has 9 atom stereocenters. The van der Waals surface area contributed by atoms with E-state index >= 15 is 0 Å². The van der Waals surface area contributed by atoms with Gasteiger partial charge in [0, 0.05) is 0 Å². The molecular weight excluding hydrogens is 739 g/mol. The third kappa shape index (κ3) is 27.1. The number of aliphatic hydroxyl groups is 7. The highest BCUT2D eigenvalue weighted by Gasteiger charge is 2.44. The Kier molecular flexibility index (Phi) is 36.0. The third-order valence-corrected chi connectivity index (χ3v) is 12.2. The van der Waals surface area contributed by atoms with Crippen molar-refractivity contribution in [1.29, 1.82) is 0 Å². The molecule has 58 heavy (non-hydrogen) atoms. The first kappa shape index (κ1) is 55.1. The van der Waals surface area contributed by atoms with Crippen LogP contribution in [-0.2, 0) is 14.3 Å². The van der Waals surface area contributed by atoms with Crippen LogP contribution in [0.2, 0.25) is 0 Å². The summed E-state index contributed by atoms with van der Waals surface area (Å²) in [5, 5.41) is 75.6. The van der Waals surface area contributed by atoms with Gasteiger partial charge < -0.3 is 50.5 Å². The lowest BCUT2D eigenvalue weighted by Crippen LogP contribution is -2.60. The fraction of sp³-hybridized carbons (Fsp3) is 0.979. The standard InChI is InChI=1S/C47H93NO10/c1-3-5-7-9-11-13-15-16-17-18-19-20-21-22-23-25-27-29-31-33-35-40(51)46(56)48-38(37-57-47-45(55)44(54)43(53)41(36-49)58-47)42(52)39(50)34-32-30-28-26-24-14-12-10-8-6-4-2/h38-45,47,49-55H,3-37H2,1-2H3,(H,48,56)/t38-,39+,40?,41?,42-,43?,44?,45?,47?/m0/s1. The number of carbonyl (C=O) groups excluding carboxylic acids is 1. The molecule has 6 unspecified atom stereocenters. The Morgan fingerprint density at radius 1 is 0.534 bits per heavy atom. The Bertz CT molecular complexity index is 913. The zero-order valence-electron chi connectivity index (χ0n) is 37.3. The molecule has 0 aromatic carbocycles. The van der Waals surface area contributed by atoms with E-state index in [0.29, 0.717) is 19.3 Å². The van der Waals surface area contributed by atoms with Gasteiger partial charge in [0.25, 0.3) is 0 Å². The highest BCUT2D eigenvalue weighted by Crippen LogP contribution is 2.23. The van der Waals surface area contributed by atoms with Crippen molar-refractivity contribution in [2.45, 2.75) is 281 Å². The highest BCUT2D eigenvalue weighted by atomic mass is 16.7. The van der Waals surface area contributed by atoms with E-state index in [1.54, 1.807) is 0 Å². The first-order valence-corrected chi connectivity index (χ1v) is 24.4. The van der Waals surface area contributed by atoms with Gasteiger partial charge in [-0.15, -0.1) is 0 Å². The summed E-state index contributed by atoms with van der Waals surface area (Å²) < 4.78 is 11.1. The Balaban J connectivity index is 2.37. The number of hydrogen-bond acceptors (Lipinski definition) is 10. The number of ether oxygens (including phenoxy) is 2. The molecule has 0 aromatic rings. The second kappa shape index (κ2) is 37.8. The minimum atomic E-state index is -1.66. The summed E-state index contributed by atoms with van der Waals surface area (Å²) in [4.78, 5) is 13.1. The molecule has 0 bridgehead atoms. The van der Waals surface area contributed by atoms with Crippen molar-refractivity contribution in [3.8, 4) is 0 Å². The summed E-state index contributed by atoms with van der Waals surface area (Å²) in [6, 6.07) is -1.16. The number of aliphatic hydroxyl groups excluding tert-OH is 7. The van der Waals surface area contributed by atoms with Crippen LogP contribution in [-0.4, -0.2) is 110 Å². The van der Waals surface area contributed by atoms with Gasteiger partial charge in [-0.2, -0.15) is 0 Å². The fourth-order valence-corrected chi connectivity index (χ4v) is 8.09. The van der Waals surface area contributed by atoms with E-state index in [2.05, 4.69) is 19.2 Å². The first-order chi connectivity index (χ1) is 28.2. The lowest BCUT2D eigenvalue weighted by molar-refractivity contribution is -0.303. The molecule has 1 amide bonds. The zero-order valence-corrected chi connectivity index (χ0v) is 37.3. The summed E-state index contributed by atoms with van der Waals surface area (Å²) in [6.07, 6.45) is 27.3. The van der Waals surface area contributed by atoms with Crippen LogP contribution in [0.1, 0.15) is 226 Å². The Hall–Kier alpha value is -0.890. The number of carbonyl (C=O) groups is 1. The van der Waals surface area contributed by atoms with Gasteiger partial charge >= 0.3 is 0 Å². The fourth-order valence-electron chi connectivity index (χ4n) is 8.09. The minimum absolute atomic E-state index is 0.266. The lowest BCUT2D eigenvalue weighted by Gasteiger charge is -2.40. The SMILES string of the molecule is CCCCCCCCCCCCCCCCCCCCCCC(O)C(=O)N[C@@H](COC1OC(CO)C(O)C(O)C1O)[C@H](O)[C@H](O)CCCCCCCCCCCCC. The molecule has 0 radical (unpaired) electrons. The predicted octanol–water partition coefficient (Wildman–Crippen LogP) is 8.28. The maximum Gasteiger partial charge on any atom is 0.249 e. The Morgan fingerprint density at radius 3 is 1.28 bits per heavy atom. The molecule has 0 saturated carbocycles. The summed E-state index contributed by atoms with van der Waals surface area (Å²) in [5.74, 6) is -0.693. The molecule has 0 spiro atoms. The van der Waals surface area contributed by atoms with Crippen LogP contribution in [0.5, 0.6) is 0 Å². The van der Waals surface area contributed by atoms with E-state index in [1.165, 1.54) is 148 Å². The number of nitrogens with one attached hydrogen (secondary N) is 1. The van der Waals surface area contributed by atoms with Gasteiger partial charge in [0.15, 0.2) is 6.29 Å². The average Bonchev–Trinajstić information content (AvgIpc) is 3.22. The zero-order chi connectivity index (χ0) is 42.6. The summed E-state index contributed by atoms with van der Waals surface area (Å²) >= 11 is 0. The maximum absolute atomic E-state index is 13.1. The summed E-state index contributed by atoms with van der Waals surface area (Å²) in [5.41, 5.74) is 0. The van der Waals surface area contributed by atoms with Crippen molar-refractivity contribution in [2.24, 2.45) is 0 Å². The van der Waals surface area contributed by atoms with E-state index in [-0.39, 0.29) is 6.42 Å². The molecule has 1 fully saturated rings. The molecule has 0 aliphatic carbocycles. The quantitative estimate of drug-likeness (QED) is 0.0279. The number of hydrogen-bond donors (Lipinski definition) is 8. The van der Waals surface area contributed by atoms with Crippen molar-refractivity contribution in [1.82, 2.24) is 5.32 Å². The van der Waals surface area contributed by atoms with Crippen molar-refractivity contribution in [3.63, 3.8) is 0 Å². The van der Waals surface area contributed by atoms with Crippen LogP contribution in [0.25, 0.3) is 0 Å². The van der Waals surface area contributed by atoms with E-state index < -0.39 is 74.2 Å². The van der Waals surface area contributed by atoms with Gasteiger partial charge in [-0.1, -0.05) is 213 Å². The molecule has 11 nitrogen and oxygen atoms in total. The normalized spacial score (nSPS) is 21.8. The van der Waals surface area contributed by atoms with E-state index in [4.69, 9.17) is 9.47 Å². The molecular formula is C47H93NO10. The van der Waals surface area contributed by atoms with Crippen LogP contribution in [0.15, 0.2) is 0 Å². The molecule has 1 aliphatic heterocycles. The smallest absolute Gasteiger partial charge is 0.249 e. The topological polar surface area (TPSA) is 189 Å². The molecule has 1 aliphatic rings. The Labute approximate surface area is 354 Å². The largest absolute Gasteiger partial charge is 0.394 e. The van der Waals surface area contributed by atoms with Crippen molar-refractivity contribution in [2.75, 3.05) is 13.2 Å². The summed E-state index contributed by atoms with van der Waals surface area (Å²) in [7, 11) is 0. The molecule has 8 N–H and O–H groups in total. The number of rotatable bonds is 41. The third-order valence-electron chi connectivity index (χ3n) is 12.2. The van der Waals surface area contributed by atoms with Crippen molar-refractivity contribution >= 4 is 5.91 Å². The van der Waals surface area contributed by atoms with Crippen molar-refractivity contribution in [3.05, 3.63) is 0 Å². The van der Waals surface area contributed by atoms with Crippen LogP contribution in [0.3, 0.4) is 0 Å². The van der Waals surface area contributed by atoms with Crippen LogP contribution >= 0.6 is 0 Å². The highest BCUT2D eigenvalue weighted by molar-refractivity contribution is 5.80. The van der Waals surface area contributed by atoms with Crippen molar-refractivity contribution < 1.29 is 50.0 Å². The van der Waals surface area contributed by atoms with E-state index in [9.17, 15) is 40.5 Å². The average molecular weight is 832 g/mol. The van der Waals surface area contributed by atoms with Gasteiger partial charge in [0.05, 0.1) is 25.4 Å². The molecule has 346 valence electrons. The van der Waals surface area contributed by atoms with Gasteiger partial charge in [0.1, 0.15) is 36.6 Å². The Morgan fingerprint density at radius 2 is 0.897 bits per heavy atom. The number of unbranched alkanes of at least 4 members (excludes halogenated alkanes) is 29. The number of amides is 1. The summed E-state index contributed by atoms with van der Waals surface area (Å²) in [6.45, 7) is 3.44. The van der Waals surface area contributed by atoms with Gasteiger partial charge in [-0.25, -0.2) is 0 Å². The molecule has 1 saturated heterocycles. The van der Waals surface area contributed by atoms with Crippen LogP contribution in [0, 0.1) is 0 Å². The molecule has 1 heterocycles. The van der Waals surface area contributed by atoms with E-state index in [0.717, 1.165) is 38.5 Å². The van der Waals surface area contributed by atoms with Crippen LogP contribution in [0.4, 0.5) is 0 Å². The molecule has 11 heteroatoms. The minimum Gasteiger partial charge on any atom is -0.394 e. The van der Waals surface area contributed by atoms with E-state index in [1.807, 2.05) is 0 Å². The lowest BCUT2D eigenvalue weighted by atomic mass is 9.98. The van der Waals surface area contributed by atoms with Crippen LogP contribution < -0.4 is 5.32 Å².